The number of carbonyl (C=O) groups excluding carboxylic acids is 1. The maximum Gasteiger partial charge on any atom is 0.178 e. The first-order valence-electron chi connectivity index (χ1n) is 10.1. The summed E-state index contributed by atoms with van der Waals surface area (Å²) in [6.45, 7) is 2.01. The molecule has 4 atom stereocenters. The van der Waals surface area contributed by atoms with E-state index in [-0.39, 0.29) is 18.5 Å². The van der Waals surface area contributed by atoms with E-state index in [1.54, 1.807) is 45.4 Å². The molecule has 5 rings (SSSR count). The molecule has 0 fully saturated rings. The highest BCUT2D eigenvalue weighted by Crippen LogP contribution is 2.50. The van der Waals surface area contributed by atoms with Crippen molar-refractivity contribution in [3.63, 3.8) is 0 Å². The van der Waals surface area contributed by atoms with E-state index >= 15 is 0 Å². The lowest BCUT2D eigenvalue weighted by atomic mass is 9.81. The highest BCUT2D eigenvalue weighted by atomic mass is 131. The Morgan fingerprint density at radius 3 is 2.61 bits per heavy atom. The van der Waals surface area contributed by atoms with Gasteiger partial charge in [-0.05, 0) is 25.1 Å². The van der Waals surface area contributed by atoms with E-state index in [0.29, 0.717) is 45.2 Å². The number of rotatable bonds is 4. The Hall–Kier alpha value is -2.20. The Morgan fingerprint density at radius 1 is 1.16 bits per heavy atom. The van der Waals surface area contributed by atoms with E-state index in [0.717, 1.165) is 11.1 Å². The number of halogens is 1. The average Bonchev–Trinajstić information content (AvgIpc) is 3.23. The monoisotopic (exact) mass is 542 g/mol. The molecule has 164 valence electrons. The summed E-state index contributed by atoms with van der Waals surface area (Å²) in [6, 6.07) is 7.10. The van der Waals surface area contributed by atoms with Crippen LogP contribution in [0.15, 0.2) is 24.3 Å². The van der Waals surface area contributed by atoms with Crippen molar-refractivity contribution in [1.82, 2.24) is 0 Å². The fourth-order valence-corrected chi connectivity index (χ4v) is 4.99. The molecule has 0 radical (unpaired) electrons. The molecule has 0 saturated carbocycles. The molecule has 0 saturated heterocycles. The normalized spacial score (nSPS) is 24.9. The molecule has 0 bridgehead atoms. The van der Waals surface area contributed by atoms with Crippen molar-refractivity contribution in [3.8, 4) is 28.7 Å². The van der Waals surface area contributed by atoms with Gasteiger partial charge < -0.3 is 28.8 Å². The molecular formula is C23H23IO7. The minimum atomic E-state index is -0.976. The lowest BCUT2D eigenvalue weighted by molar-refractivity contribution is -0.0167. The molecule has 0 spiro atoms. The molecule has 8 heteroatoms. The fraction of sp³-hybridized carbons (Fsp3) is 0.435. The third kappa shape index (κ3) is 3.14. The van der Waals surface area contributed by atoms with Crippen LogP contribution in [-0.2, 0) is 6.42 Å². The maximum atomic E-state index is 13.6. The van der Waals surface area contributed by atoms with Crippen LogP contribution in [0.4, 0.5) is 0 Å². The second kappa shape index (κ2) is 7.44. The van der Waals surface area contributed by atoms with Crippen LogP contribution in [0.3, 0.4) is 0 Å². The minimum absolute atomic E-state index is 0.0186. The van der Waals surface area contributed by atoms with Crippen molar-refractivity contribution in [1.29, 1.82) is 0 Å². The third-order valence-electron chi connectivity index (χ3n) is 6.28. The summed E-state index contributed by atoms with van der Waals surface area (Å²) in [5.41, 5.74) is 1.11. The smallest absolute Gasteiger partial charge is 0.178 e. The predicted octanol–water partition coefficient (Wildman–Crippen LogP) is 3.31. The van der Waals surface area contributed by atoms with Crippen LogP contribution < -0.4 is 23.7 Å². The Balaban J connectivity index is 1.55. The molecule has 0 aromatic heterocycles. The zero-order chi connectivity index (χ0) is 21.9. The van der Waals surface area contributed by atoms with E-state index < -0.39 is 17.6 Å². The van der Waals surface area contributed by atoms with Crippen molar-refractivity contribution in [2.45, 2.75) is 37.1 Å². The third-order valence-corrected chi connectivity index (χ3v) is 7.83. The van der Waals surface area contributed by atoms with E-state index in [9.17, 15) is 9.90 Å². The lowest BCUT2D eigenvalue weighted by Gasteiger charge is -2.37. The van der Waals surface area contributed by atoms with Crippen LogP contribution in [0, 0.1) is 0 Å². The summed E-state index contributed by atoms with van der Waals surface area (Å²) in [5.74, 6) is 2.37. The van der Waals surface area contributed by atoms with Crippen LogP contribution in [-0.4, -0.2) is 54.0 Å². The van der Waals surface area contributed by atoms with Crippen LogP contribution in [0.2, 0.25) is 0 Å². The first-order chi connectivity index (χ1) is 14.9. The van der Waals surface area contributed by atoms with Gasteiger partial charge in [0, 0.05) is 28.0 Å². The Morgan fingerprint density at radius 2 is 1.90 bits per heavy atom. The maximum absolute atomic E-state index is 13.6. The van der Waals surface area contributed by atoms with Crippen LogP contribution in [0.25, 0.3) is 0 Å². The molecular weight excluding hydrogens is 519 g/mol. The number of ether oxygens (including phenoxy) is 5. The lowest BCUT2D eigenvalue weighted by Crippen LogP contribution is -2.44. The number of ketones is 1. The number of methoxy groups -OCH3 is 2. The van der Waals surface area contributed by atoms with Gasteiger partial charge >= 0.3 is 0 Å². The summed E-state index contributed by atoms with van der Waals surface area (Å²) < 4.78 is 29.6. The number of benzene rings is 2. The molecule has 3 heterocycles. The van der Waals surface area contributed by atoms with Gasteiger partial charge in [-0.15, -0.1) is 0 Å². The number of aliphatic hydroxyl groups is 1. The molecule has 0 unspecified atom stereocenters. The number of fused-ring (bicyclic) bond motifs is 6. The summed E-state index contributed by atoms with van der Waals surface area (Å²) in [6.07, 6.45) is -0.356. The van der Waals surface area contributed by atoms with Gasteiger partial charge in [0.05, 0.1) is 25.7 Å². The molecule has 7 nitrogen and oxygen atoms in total. The molecule has 2 aromatic carbocycles. The molecule has 31 heavy (non-hydrogen) atoms. The molecule has 3 aliphatic heterocycles. The van der Waals surface area contributed by atoms with Crippen LogP contribution >= 0.6 is 22.6 Å². The van der Waals surface area contributed by atoms with Crippen LogP contribution in [0.1, 0.15) is 34.3 Å². The van der Waals surface area contributed by atoms with E-state index in [1.807, 2.05) is 0 Å². The quantitative estimate of drug-likeness (QED) is 0.469. The van der Waals surface area contributed by atoms with E-state index in [2.05, 4.69) is 22.6 Å². The first-order valence-corrected chi connectivity index (χ1v) is 11.6. The molecule has 3 aliphatic rings. The molecule has 1 N–H and O–H groups in total. The second-order valence-corrected chi connectivity index (χ2v) is 9.04. The standard InChI is InChI=1S/C23H23IO7/c1-23(26,10-24)19-7-13-14(30-19)5-4-11-21(25)20-12-6-16(27-2)17(28-3)8-15(12)29-9-18(20)31-22(11)13/h4-6,8,18-20,26H,7,9-10H2,1-3H3/t18-,19-,20+,23+/m1/s1/i24+4. The van der Waals surface area contributed by atoms with Crippen molar-refractivity contribution in [3.05, 3.63) is 41.0 Å². The highest BCUT2D eigenvalue weighted by Gasteiger charge is 2.47. The number of carbonyl (C=O) groups is 1. The van der Waals surface area contributed by atoms with Gasteiger partial charge in [-0.2, -0.15) is 0 Å². The summed E-state index contributed by atoms with van der Waals surface area (Å²) >= 11 is 2.15. The SMILES string of the molecule is COc1cc2c(cc1OC)[C@@H]1C(=O)c3ccc4c(c3O[C@@H]1CO2)C[C@H]([C@@](C)(O)C[131I])O4. The Bertz CT molecular complexity index is 1060. The van der Waals surface area contributed by atoms with Gasteiger partial charge in [-0.3, -0.25) is 4.79 Å². The van der Waals surface area contributed by atoms with Crippen molar-refractivity contribution in [2.75, 3.05) is 25.3 Å². The topological polar surface area (TPSA) is 83.5 Å². The number of Topliss-reactive ketones (excluding diaryl/α,β-unsaturated/α-hetero) is 1. The molecule has 0 aliphatic carbocycles. The molecule has 0 amide bonds. The predicted molar refractivity (Wildman–Crippen MR) is 121 cm³/mol. The van der Waals surface area contributed by atoms with Gasteiger partial charge in [-0.25, -0.2) is 0 Å². The Kier molecular flexibility index (Phi) is 4.97. The highest BCUT2D eigenvalue weighted by molar-refractivity contribution is 14.1. The van der Waals surface area contributed by atoms with Crippen LogP contribution in [0.5, 0.6) is 28.7 Å². The number of hydrogen-bond acceptors (Lipinski definition) is 7. The van der Waals surface area contributed by atoms with Gasteiger partial charge in [0.15, 0.2) is 17.3 Å². The van der Waals surface area contributed by atoms with Gasteiger partial charge in [-0.1, -0.05) is 22.6 Å². The van der Waals surface area contributed by atoms with E-state index in [4.69, 9.17) is 23.7 Å². The fourth-order valence-electron chi connectivity index (χ4n) is 4.50. The van der Waals surface area contributed by atoms with E-state index in [1.165, 1.54) is 0 Å². The van der Waals surface area contributed by atoms with Gasteiger partial charge in [0.1, 0.15) is 41.7 Å². The number of alkyl halides is 1. The Labute approximate surface area is 193 Å². The summed E-state index contributed by atoms with van der Waals surface area (Å²) in [7, 11) is 3.12. The van der Waals surface area contributed by atoms with Crippen molar-refractivity contribution < 1.29 is 33.6 Å². The van der Waals surface area contributed by atoms with Gasteiger partial charge in [0.25, 0.3) is 0 Å². The van der Waals surface area contributed by atoms with Crippen molar-refractivity contribution in [2.24, 2.45) is 0 Å². The zero-order valence-corrected chi connectivity index (χ0v) is 19.6. The first kappa shape index (κ1) is 20.7. The molecule has 2 aromatic rings. The van der Waals surface area contributed by atoms with Crippen molar-refractivity contribution >= 4 is 28.4 Å². The summed E-state index contributed by atoms with van der Waals surface area (Å²) in [4.78, 5) is 13.6. The average molecular weight is 542 g/mol. The van der Waals surface area contributed by atoms with Gasteiger partial charge in [0.2, 0.25) is 0 Å². The summed E-state index contributed by atoms with van der Waals surface area (Å²) in [5, 5.41) is 10.7. The number of hydrogen-bond donors (Lipinski definition) is 1. The minimum Gasteiger partial charge on any atom is -0.493 e. The second-order valence-electron chi connectivity index (χ2n) is 8.27. The largest absolute Gasteiger partial charge is 0.493 e. The zero-order valence-electron chi connectivity index (χ0n) is 17.4.